The molecule has 106 valence electrons. The molecule has 0 amide bonds. The molecule has 2 aliphatic rings. The van der Waals surface area contributed by atoms with Crippen LogP contribution < -0.4 is 0 Å². The molecule has 0 radical (unpaired) electrons. The number of hydrogen-bond donors (Lipinski definition) is 1. The van der Waals surface area contributed by atoms with Gasteiger partial charge in [-0.1, -0.05) is 6.92 Å². The van der Waals surface area contributed by atoms with Crippen LogP contribution >= 0.6 is 0 Å². The van der Waals surface area contributed by atoms with Crippen molar-refractivity contribution in [2.75, 3.05) is 0 Å². The number of fused-ring (bicyclic) bond motifs is 2. The van der Waals surface area contributed by atoms with Crippen molar-refractivity contribution in [3.05, 3.63) is 64.4 Å². The maximum absolute atomic E-state index is 13.1. The molecular formula is C17H15FN2O. The quantitative estimate of drug-likeness (QED) is 0.854. The van der Waals surface area contributed by atoms with E-state index in [9.17, 15) is 9.50 Å². The van der Waals surface area contributed by atoms with Crippen molar-refractivity contribution < 1.29 is 9.50 Å². The molecule has 1 aromatic heterocycles. The van der Waals surface area contributed by atoms with Gasteiger partial charge in [0.05, 0.1) is 23.3 Å². The van der Waals surface area contributed by atoms with E-state index >= 15 is 0 Å². The first-order chi connectivity index (χ1) is 10.1. The van der Waals surface area contributed by atoms with E-state index in [1.807, 2.05) is 10.9 Å². The molecule has 2 aliphatic carbocycles. The van der Waals surface area contributed by atoms with Gasteiger partial charge in [-0.2, -0.15) is 5.10 Å². The normalized spacial score (nSPS) is 20.3. The van der Waals surface area contributed by atoms with Crippen LogP contribution in [-0.2, 0) is 0 Å². The molecule has 3 nitrogen and oxygen atoms in total. The molecule has 2 aromatic rings. The zero-order chi connectivity index (χ0) is 14.6. The van der Waals surface area contributed by atoms with Crippen molar-refractivity contribution in [1.29, 1.82) is 0 Å². The third kappa shape index (κ3) is 1.75. The van der Waals surface area contributed by atoms with Crippen LogP contribution in [-0.4, -0.2) is 14.9 Å². The fourth-order valence-corrected chi connectivity index (χ4v) is 3.34. The van der Waals surface area contributed by atoms with E-state index in [0.29, 0.717) is 5.76 Å². The lowest BCUT2D eigenvalue weighted by Gasteiger charge is -2.21. The van der Waals surface area contributed by atoms with Crippen LogP contribution in [0, 0.1) is 5.82 Å². The van der Waals surface area contributed by atoms with Crippen LogP contribution in [0.5, 0.6) is 0 Å². The minimum atomic E-state index is -0.252. The Bertz CT molecular complexity index is 784. The summed E-state index contributed by atoms with van der Waals surface area (Å²) in [5, 5.41) is 14.5. The predicted octanol–water partition coefficient (Wildman–Crippen LogP) is 4.12. The van der Waals surface area contributed by atoms with Gasteiger partial charge in [0, 0.05) is 23.5 Å². The minimum Gasteiger partial charge on any atom is -0.512 e. The molecule has 1 atom stereocenters. The Kier molecular flexibility index (Phi) is 2.55. The maximum atomic E-state index is 13.1. The van der Waals surface area contributed by atoms with Crippen LogP contribution in [0.4, 0.5) is 4.39 Å². The fraction of sp³-hybridized carbons (Fsp3) is 0.235. The Labute approximate surface area is 122 Å². The Morgan fingerprint density at radius 2 is 2.00 bits per heavy atom. The highest BCUT2D eigenvalue weighted by Gasteiger charge is 2.32. The van der Waals surface area contributed by atoms with Crippen LogP contribution in [0.15, 0.2) is 47.4 Å². The first kappa shape index (κ1) is 12.4. The summed E-state index contributed by atoms with van der Waals surface area (Å²) in [6, 6.07) is 6.33. The van der Waals surface area contributed by atoms with E-state index < -0.39 is 0 Å². The number of aliphatic hydroxyl groups excluding tert-OH is 1. The van der Waals surface area contributed by atoms with Gasteiger partial charge in [0.15, 0.2) is 0 Å². The van der Waals surface area contributed by atoms with E-state index in [0.717, 1.165) is 35.4 Å². The average Bonchev–Trinajstić information content (AvgIpc) is 3.05. The number of rotatable bonds is 1. The summed E-state index contributed by atoms with van der Waals surface area (Å²) in [6.07, 6.45) is 5.54. The largest absolute Gasteiger partial charge is 0.512 e. The summed E-state index contributed by atoms with van der Waals surface area (Å²) in [5.74, 6) is 0.406. The van der Waals surface area contributed by atoms with Crippen molar-refractivity contribution >= 4 is 6.08 Å². The van der Waals surface area contributed by atoms with Crippen molar-refractivity contribution in [1.82, 2.24) is 9.78 Å². The summed E-state index contributed by atoms with van der Waals surface area (Å²) in [6.45, 7) is 2.10. The van der Waals surface area contributed by atoms with Gasteiger partial charge in [0.25, 0.3) is 0 Å². The lowest BCUT2D eigenvalue weighted by molar-refractivity contribution is 0.390. The molecule has 0 saturated carbocycles. The molecule has 0 spiro atoms. The lowest BCUT2D eigenvalue weighted by atomic mass is 9.84. The van der Waals surface area contributed by atoms with Crippen LogP contribution in [0.1, 0.15) is 36.9 Å². The second-order valence-electron chi connectivity index (χ2n) is 5.63. The average molecular weight is 282 g/mol. The third-order valence-corrected chi connectivity index (χ3v) is 4.41. The summed E-state index contributed by atoms with van der Waals surface area (Å²) >= 11 is 0. The first-order valence-electron chi connectivity index (χ1n) is 7.12. The molecule has 0 aliphatic heterocycles. The van der Waals surface area contributed by atoms with E-state index in [-0.39, 0.29) is 11.7 Å². The van der Waals surface area contributed by atoms with E-state index in [1.54, 1.807) is 12.1 Å². The van der Waals surface area contributed by atoms with Crippen molar-refractivity contribution in [2.45, 2.75) is 25.7 Å². The standard InChI is InChI=1S/C17H15FN2O/c1-10-14-9-19-20(13-5-3-12(18)4-6-13)15(14)8-11-2-7-16(21)17(10)11/h3-6,8-10,21H,2,7H2,1H3/t10-/m0/s1. The van der Waals surface area contributed by atoms with Crippen molar-refractivity contribution in [3.63, 3.8) is 0 Å². The predicted molar refractivity (Wildman–Crippen MR) is 78.8 cm³/mol. The van der Waals surface area contributed by atoms with E-state index in [1.165, 1.54) is 17.7 Å². The highest BCUT2D eigenvalue weighted by molar-refractivity contribution is 5.69. The number of nitrogens with zero attached hydrogens (tertiary/aromatic N) is 2. The highest BCUT2D eigenvalue weighted by atomic mass is 19.1. The monoisotopic (exact) mass is 282 g/mol. The number of benzene rings is 1. The Morgan fingerprint density at radius 1 is 1.24 bits per heavy atom. The van der Waals surface area contributed by atoms with Gasteiger partial charge in [0.1, 0.15) is 5.82 Å². The second-order valence-corrected chi connectivity index (χ2v) is 5.63. The van der Waals surface area contributed by atoms with Gasteiger partial charge in [-0.05, 0) is 42.3 Å². The van der Waals surface area contributed by atoms with Gasteiger partial charge >= 0.3 is 0 Å². The zero-order valence-electron chi connectivity index (χ0n) is 11.7. The maximum Gasteiger partial charge on any atom is 0.123 e. The molecule has 0 bridgehead atoms. The molecule has 1 aromatic carbocycles. The van der Waals surface area contributed by atoms with E-state index in [2.05, 4.69) is 18.1 Å². The topological polar surface area (TPSA) is 38.1 Å². The number of aromatic nitrogens is 2. The molecular weight excluding hydrogens is 267 g/mol. The Morgan fingerprint density at radius 3 is 2.76 bits per heavy atom. The number of halogens is 1. The number of allylic oxidation sites excluding steroid dienone is 3. The van der Waals surface area contributed by atoms with Gasteiger partial charge in [-0.15, -0.1) is 0 Å². The molecule has 1 N–H and O–H groups in total. The molecule has 1 heterocycles. The van der Waals surface area contributed by atoms with Crippen molar-refractivity contribution in [2.24, 2.45) is 0 Å². The molecule has 21 heavy (non-hydrogen) atoms. The van der Waals surface area contributed by atoms with Crippen molar-refractivity contribution in [3.8, 4) is 5.69 Å². The summed E-state index contributed by atoms with van der Waals surface area (Å²) in [4.78, 5) is 0. The second kappa shape index (κ2) is 4.32. The number of aliphatic hydroxyl groups is 1. The van der Waals surface area contributed by atoms with Crippen LogP contribution in [0.2, 0.25) is 0 Å². The third-order valence-electron chi connectivity index (χ3n) is 4.41. The zero-order valence-corrected chi connectivity index (χ0v) is 11.7. The Balaban J connectivity index is 1.88. The fourth-order valence-electron chi connectivity index (χ4n) is 3.34. The SMILES string of the molecule is C[C@@H]1C2=C(O)CCC2=Cc2c1cnn2-c1ccc(F)cc1. The molecule has 4 rings (SSSR count). The molecule has 4 heteroatoms. The summed E-state index contributed by atoms with van der Waals surface area (Å²) in [5.41, 5.74) is 5.22. The van der Waals surface area contributed by atoms with E-state index in [4.69, 9.17) is 0 Å². The van der Waals surface area contributed by atoms with Gasteiger partial charge < -0.3 is 5.11 Å². The Hall–Kier alpha value is -2.36. The van der Waals surface area contributed by atoms with Crippen LogP contribution in [0.3, 0.4) is 0 Å². The smallest absolute Gasteiger partial charge is 0.123 e. The van der Waals surface area contributed by atoms with Gasteiger partial charge in [-0.25, -0.2) is 9.07 Å². The lowest BCUT2D eigenvalue weighted by Crippen LogP contribution is -2.08. The van der Waals surface area contributed by atoms with Crippen LogP contribution in [0.25, 0.3) is 11.8 Å². The minimum absolute atomic E-state index is 0.150. The molecule has 0 saturated heterocycles. The number of hydrogen-bond acceptors (Lipinski definition) is 2. The highest BCUT2D eigenvalue weighted by Crippen LogP contribution is 2.45. The summed E-state index contributed by atoms with van der Waals surface area (Å²) < 4.78 is 14.9. The van der Waals surface area contributed by atoms with Gasteiger partial charge in [-0.3, -0.25) is 0 Å². The summed E-state index contributed by atoms with van der Waals surface area (Å²) in [7, 11) is 0. The first-order valence-corrected chi connectivity index (χ1v) is 7.12. The molecule has 0 unspecified atom stereocenters. The van der Waals surface area contributed by atoms with Gasteiger partial charge in [0.2, 0.25) is 0 Å². The molecule has 0 fully saturated rings.